The first-order valence-corrected chi connectivity index (χ1v) is 11.9. The number of carbonyl (C=O) groups is 2. The van der Waals surface area contributed by atoms with Crippen LogP contribution in [0.1, 0.15) is 60.2 Å². The van der Waals surface area contributed by atoms with Crippen LogP contribution >= 0.6 is 15.9 Å². The van der Waals surface area contributed by atoms with E-state index in [-0.39, 0.29) is 23.1 Å². The molecule has 1 N–H and O–H groups in total. The van der Waals surface area contributed by atoms with Gasteiger partial charge in [-0.3, -0.25) is 4.79 Å². The van der Waals surface area contributed by atoms with E-state index < -0.39 is 47.1 Å². The fourth-order valence-electron chi connectivity index (χ4n) is 3.93. The zero-order chi connectivity index (χ0) is 26.1. The molecular weight excluding hydrogens is 532 g/mol. The number of benzene rings is 2. The van der Waals surface area contributed by atoms with E-state index in [4.69, 9.17) is 4.74 Å². The van der Waals surface area contributed by atoms with E-state index in [2.05, 4.69) is 21.2 Å². The van der Waals surface area contributed by atoms with Crippen LogP contribution in [0.2, 0.25) is 0 Å². The highest BCUT2D eigenvalue weighted by Gasteiger charge is 2.36. The number of likely N-dealkylation sites (tertiary alicyclic amines) is 1. The van der Waals surface area contributed by atoms with Crippen LogP contribution in [-0.2, 0) is 10.9 Å². The Hall–Kier alpha value is -2.62. The third-order valence-electron chi connectivity index (χ3n) is 5.69. The quantitative estimate of drug-likeness (QED) is 0.441. The normalized spacial score (nSPS) is 18.8. The van der Waals surface area contributed by atoms with Crippen LogP contribution in [-0.4, -0.2) is 41.6 Å². The Kier molecular flexibility index (Phi) is 7.83. The molecular formula is C25H27BrF4N2O3. The summed E-state index contributed by atoms with van der Waals surface area (Å²) in [6.45, 7) is 7.27. The average Bonchev–Trinajstić information content (AvgIpc) is 2.73. The van der Waals surface area contributed by atoms with E-state index >= 15 is 0 Å². The molecule has 35 heavy (non-hydrogen) atoms. The smallest absolute Gasteiger partial charge is 0.416 e. The summed E-state index contributed by atoms with van der Waals surface area (Å²) < 4.78 is 59.6. The molecule has 0 aromatic heterocycles. The number of nitrogens with zero attached hydrogens (tertiary/aromatic N) is 1. The fraction of sp³-hybridized carbons (Fsp3) is 0.440. The molecule has 0 aliphatic carbocycles. The number of ether oxygens (including phenoxy) is 1. The Bertz CT molecular complexity index is 1110. The summed E-state index contributed by atoms with van der Waals surface area (Å²) in [5.41, 5.74) is -0.798. The molecule has 10 heteroatoms. The summed E-state index contributed by atoms with van der Waals surface area (Å²) in [5, 5.41) is 2.80. The topological polar surface area (TPSA) is 58.6 Å². The lowest BCUT2D eigenvalue weighted by molar-refractivity contribution is -0.137. The summed E-state index contributed by atoms with van der Waals surface area (Å²) in [7, 11) is 0. The minimum atomic E-state index is -4.61. The lowest BCUT2D eigenvalue weighted by Crippen LogP contribution is -2.52. The molecule has 1 fully saturated rings. The van der Waals surface area contributed by atoms with Gasteiger partial charge in [0.25, 0.3) is 5.91 Å². The Morgan fingerprint density at radius 1 is 1.11 bits per heavy atom. The average molecular weight is 559 g/mol. The first-order chi connectivity index (χ1) is 16.1. The van der Waals surface area contributed by atoms with Crippen molar-refractivity contribution in [1.82, 2.24) is 10.2 Å². The molecule has 2 amide bonds. The number of halogens is 5. The van der Waals surface area contributed by atoms with Crippen molar-refractivity contribution in [2.75, 3.05) is 13.1 Å². The number of hydrogen-bond donors (Lipinski definition) is 1. The Morgan fingerprint density at radius 2 is 1.80 bits per heavy atom. The van der Waals surface area contributed by atoms with Crippen LogP contribution in [0.25, 0.3) is 0 Å². The lowest BCUT2D eigenvalue weighted by atomic mass is 9.85. The van der Waals surface area contributed by atoms with Gasteiger partial charge in [0, 0.05) is 35.1 Å². The third-order valence-corrected chi connectivity index (χ3v) is 6.15. The van der Waals surface area contributed by atoms with Crippen LogP contribution < -0.4 is 5.32 Å². The first-order valence-electron chi connectivity index (χ1n) is 11.1. The van der Waals surface area contributed by atoms with Crippen molar-refractivity contribution < 1.29 is 31.9 Å². The number of rotatable bonds is 3. The monoisotopic (exact) mass is 558 g/mol. The van der Waals surface area contributed by atoms with Crippen molar-refractivity contribution in [3.63, 3.8) is 0 Å². The molecule has 3 rings (SSSR count). The molecule has 0 radical (unpaired) electrons. The van der Waals surface area contributed by atoms with Crippen molar-refractivity contribution in [3.8, 4) is 0 Å². The minimum Gasteiger partial charge on any atom is -0.444 e. The number of amides is 2. The SMILES string of the molecule is Cc1ccc([C@@H]2CN(C(=O)OC(C)(C)C)CCC2NC(=O)c2cc(Br)cc(C(F)(F)F)c2)cc1F. The Labute approximate surface area is 210 Å². The first kappa shape index (κ1) is 27.0. The van der Waals surface area contributed by atoms with Gasteiger partial charge in [-0.1, -0.05) is 28.1 Å². The molecule has 1 heterocycles. The highest BCUT2D eigenvalue weighted by molar-refractivity contribution is 9.10. The number of carbonyl (C=O) groups excluding carboxylic acids is 2. The predicted molar refractivity (Wildman–Crippen MR) is 127 cm³/mol. The van der Waals surface area contributed by atoms with Gasteiger partial charge in [-0.25, -0.2) is 9.18 Å². The number of piperidine rings is 1. The number of nitrogens with one attached hydrogen (secondary N) is 1. The molecule has 1 unspecified atom stereocenters. The maximum Gasteiger partial charge on any atom is 0.416 e. The standard InChI is InChI=1S/C25H27BrF4N2O3/c1-14-5-6-15(11-20(14)27)19-13-32(23(34)35-24(2,3)4)8-7-21(19)31-22(33)16-9-17(25(28,29)30)12-18(26)10-16/h5-6,9-12,19,21H,7-8,13H2,1-4H3,(H,31,33)/t19-,21?/m0/s1. The summed E-state index contributed by atoms with van der Waals surface area (Å²) >= 11 is 3.03. The van der Waals surface area contributed by atoms with Crippen molar-refractivity contribution in [2.45, 2.75) is 57.9 Å². The molecule has 2 aromatic rings. The maximum absolute atomic E-state index is 14.4. The van der Waals surface area contributed by atoms with Crippen LogP contribution in [0.5, 0.6) is 0 Å². The summed E-state index contributed by atoms with van der Waals surface area (Å²) in [6.07, 6.45) is -4.83. The van der Waals surface area contributed by atoms with E-state index in [1.54, 1.807) is 39.8 Å². The summed E-state index contributed by atoms with van der Waals surface area (Å²) in [6, 6.07) is 7.14. The zero-order valence-corrected chi connectivity index (χ0v) is 21.4. The highest BCUT2D eigenvalue weighted by Crippen LogP contribution is 2.33. The second kappa shape index (κ2) is 10.2. The minimum absolute atomic E-state index is 0.120. The Balaban J connectivity index is 1.88. The van der Waals surface area contributed by atoms with E-state index in [1.807, 2.05) is 0 Å². The Morgan fingerprint density at radius 3 is 2.40 bits per heavy atom. The van der Waals surface area contributed by atoms with Gasteiger partial charge in [0.1, 0.15) is 11.4 Å². The summed E-state index contributed by atoms with van der Waals surface area (Å²) in [5.74, 6) is -1.61. The third kappa shape index (κ3) is 6.96. The van der Waals surface area contributed by atoms with Gasteiger partial charge in [0.15, 0.2) is 0 Å². The molecule has 2 atom stereocenters. The van der Waals surface area contributed by atoms with Crippen LogP contribution in [0, 0.1) is 12.7 Å². The molecule has 0 spiro atoms. The van der Waals surface area contributed by atoms with Crippen LogP contribution in [0.4, 0.5) is 22.4 Å². The maximum atomic E-state index is 14.4. The largest absolute Gasteiger partial charge is 0.444 e. The highest BCUT2D eigenvalue weighted by atomic mass is 79.9. The van der Waals surface area contributed by atoms with E-state index in [0.717, 1.165) is 12.1 Å². The molecule has 2 aromatic carbocycles. The van der Waals surface area contributed by atoms with Crippen molar-refractivity contribution in [3.05, 3.63) is 68.9 Å². The number of alkyl halides is 3. The van der Waals surface area contributed by atoms with Gasteiger partial charge >= 0.3 is 12.3 Å². The summed E-state index contributed by atoms with van der Waals surface area (Å²) in [4.78, 5) is 27.1. The van der Waals surface area contributed by atoms with E-state index in [9.17, 15) is 27.2 Å². The zero-order valence-electron chi connectivity index (χ0n) is 19.8. The molecule has 1 aliphatic rings. The second-order valence-electron chi connectivity index (χ2n) is 9.64. The van der Waals surface area contributed by atoms with Gasteiger partial charge in [-0.15, -0.1) is 0 Å². The fourth-order valence-corrected chi connectivity index (χ4v) is 4.42. The molecule has 1 saturated heterocycles. The van der Waals surface area contributed by atoms with E-state index in [1.165, 1.54) is 17.0 Å². The van der Waals surface area contributed by atoms with Crippen LogP contribution in [0.3, 0.4) is 0 Å². The van der Waals surface area contributed by atoms with Gasteiger partial charge in [0.2, 0.25) is 0 Å². The van der Waals surface area contributed by atoms with Gasteiger partial charge in [-0.05, 0) is 69.5 Å². The molecule has 0 saturated carbocycles. The predicted octanol–water partition coefficient (Wildman–Crippen LogP) is 6.44. The van der Waals surface area contributed by atoms with Crippen molar-refractivity contribution >= 4 is 27.9 Å². The second-order valence-corrected chi connectivity index (χ2v) is 10.6. The van der Waals surface area contributed by atoms with E-state index in [0.29, 0.717) is 17.5 Å². The number of aryl methyl sites for hydroxylation is 1. The lowest BCUT2D eigenvalue weighted by Gasteiger charge is -2.39. The molecule has 190 valence electrons. The van der Waals surface area contributed by atoms with Gasteiger partial charge < -0.3 is 15.0 Å². The number of hydrogen-bond acceptors (Lipinski definition) is 3. The van der Waals surface area contributed by atoms with Gasteiger partial charge in [0.05, 0.1) is 5.56 Å². The van der Waals surface area contributed by atoms with Crippen LogP contribution in [0.15, 0.2) is 40.9 Å². The van der Waals surface area contributed by atoms with Crippen molar-refractivity contribution in [1.29, 1.82) is 0 Å². The van der Waals surface area contributed by atoms with Gasteiger partial charge in [-0.2, -0.15) is 13.2 Å². The van der Waals surface area contributed by atoms with Crippen molar-refractivity contribution in [2.24, 2.45) is 0 Å². The molecule has 1 aliphatic heterocycles. The molecule has 0 bridgehead atoms. The molecule has 5 nitrogen and oxygen atoms in total.